The van der Waals surface area contributed by atoms with Gasteiger partial charge in [0.1, 0.15) is 5.82 Å². The fourth-order valence-electron chi connectivity index (χ4n) is 1.98. The third-order valence-electron chi connectivity index (χ3n) is 3.14. The smallest absolute Gasteiger partial charge is 0.228 e. The Morgan fingerprint density at radius 2 is 1.90 bits per heavy atom. The Bertz CT molecular complexity index is 626. The van der Waals surface area contributed by atoms with Gasteiger partial charge in [-0.1, -0.05) is 30.3 Å². The number of amides is 1. The molecule has 1 amide bonds. The minimum Gasteiger partial charge on any atom is -0.326 e. The van der Waals surface area contributed by atoms with Crippen molar-refractivity contribution in [2.45, 2.75) is 19.9 Å². The van der Waals surface area contributed by atoms with Gasteiger partial charge in [-0.3, -0.25) is 4.79 Å². The van der Waals surface area contributed by atoms with Crippen LogP contribution in [-0.2, 0) is 17.8 Å². The first-order valence-electron chi connectivity index (χ1n) is 6.43. The summed E-state index contributed by atoms with van der Waals surface area (Å²) >= 11 is 0. The van der Waals surface area contributed by atoms with Crippen molar-refractivity contribution in [1.82, 2.24) is 0 Å². The Morgan fingerprint density at radius 1 is 1.20 bits per heavy atom. The Balaban J connectivity index is 2.07. The molecule has 2 rings (SSSR count). The van der Waals surface area contributed by atoms with Crippen molar-refractivity contribution >= 4 is 11.6 Å². The van der Waals surface area contributed by atoms with Crippen LogP contribution in [0.2, 0.25) is 0 Å². The van der Waals surface area contributed by atoms with Gasteiger partial charge in [0, 0.05) is 12.2 Å². The minimum atomic E-state index is -0.329. The van der Waals surface area contributed by atoms with Gasteiger partial charge in [-0.05, 0) is 35.7 Å². The van der Waals surface area contributed by atoms with Crippen molar-refractivity contribution in [2.75, 3.05) is 5.32 Å². The second kappa shape index (κ2) is 6.30. The third kappa shape index (κ3) is 3.42. The molecule has 2 aromatic carbocycles. The molecular formula is C16H17FN2O. The molecule has 0 fully saturated rings. The van der Waals surface area contributed by atoms with Crippen LogP contribution in [0.4, 0.5) is 10.1 Å². The fraction of sp³-hybridized carbons (Fsp3) is 0.188. The van der Waals surface area contributed by atoms with E-state index in [-0.39, 0.29) is 18.1 Å². The number of aryl methyl sites for hydroxylation is 1. The molecule has 3 nitrogen and oxygen atoms in total. The van der Waals surface area contributed by atoms with Crippen molar-refractivity contribution in [1.29, 1.82) is 0 Å². The van der Waals surface area contributed by atoms with E-state index in [1.165, 1.54) is 6.07 Å². The molecule has 3 N–H and O–H groups in total. The molecule has 0 radical (unpaired) electrons. The molecule has 104 valence electrons. The van der Waals surface area contributed by atoms with Crippen LogP contribution in [0.3, 0.4) is 0 Å². The highest BCUT2D eigenvalue weighted by Crippen LogP contribution is 2.15. The number of carbonyl (C=O) groups is 1. The van der Waals surface area contributed by atoms with Gasteiger partial charge in [0.2, 0.25) is 5.91 Å². The van der Waals surface area contributed by atoms with Crippen molar-refractivity contribution in [2.24, 2.45) is 5.73 Å². The first kappa shape index (κ1) is 14.2. The number of hydrogen-bond donors (Lipinski definition) is 2. The maximum atomic E-state index is 13.4. The molecule has 0 atom stereocenters. The van der Waals surface area contributed by atoms with Crippen LogP contribution in [0, 0.1) is 12.7 Å². The van der Waals surface area contributed by atoms with Crippen LogP contribution in [0.5, 0.6) is 0 Å². The lowest BCUT2D eigenvalue weighted by molar-refractivity contribution is -0.115. The third-order valence-corrected chi connectivity index (χ3v) is 3.14. The average molecular weight is 272 g/mol. The van der Waals surface area contributed by atoms with Crippen LogP contribution in [0.25, 0.3) is 0 Å². The highest BCUT2D eigenvalue weighted by atomic mass is 19.1. The van der Waals surface area contributed by atoms with Crippen LogP contribution in [0.1, 0.15) is 16.7 Å². The SMILES string of the molecule is Cc1ccc(NC(=O)Cc2ccccc2CN)cc1F. The Morgan fingerprint density at radius 3 is 2.55 bits per heavy atom. The Labute approximate surface area is 117 Å². The standard InChI is InChI=1S/C16H17FN2O/c1-11-6-7-14(9-15(11)17)19-16(20)8-12-4-2-3-5-13(12)10-18/h2-7,9H,8,10,18H2,1H3,(H,19,20). The summed E-state index contributed by atoms with van der Waals surface area (Å²) in [6.07, 6.45) is 0.225. The fourth-order valence-corrected chi connectivity index (χ4v) is 1.98. The zero-order valence-corrected chi connectivity index (χ0v) is 11.3. The number of halogens is 1. The predicted octanol–water partition coefficient (Wildman–Crippen LogP) is 2.77. The van der Waals surface area contributed by atoms with E-state index >= 15 is 0 Å². The van der Waals surface area contributed by atoms with E-state index in [1.807, 2.05) is 24.3 Å². The van der Waals surface area contributed by atoms with Gasteiger partial charge in [-0.15, -0.1) is 0 Å². The van der Waals surface area contributed by atoms with Gasteiger partial charge in [0.25, 0.3) is 0 Å². The average Bonchev–Trinajstić information content (AvgIpc) is 2.43. The molecule has 0 aromatic heterocycles. The van der Waals surface area contributed by atoms with Crippen molar-refractivity contribution in [3.05, 3.63) is 65.0 Å². The van der Waals surface area contributed by atoms with E-state index in [1.54, 1.807) is 19.1 Å². The number of carbonyl (C=O) groups excluding carboxylic acids is 1. The first-order valence-corrected chi connectivity index (χ1v) is 6.43. The number of nitrogens with one attached hydrogen (secondary N) is 1. The highest BCUT2D eigenvalue weighted by Gasteiger charge is 2.08. The van der Waals surface area contributed by atoms with E-state index in [0.717, 1.165) is 11.1 Å². The maximum absolute atomic E-state index is 13.4. The van der Waals surface area contributed by atoms with Gasteiger partial charge in [0.05, 0.1) is 6.42 Å². The second-order valence-electron chi connectivity index (χ2n) is 4.66. The highest BCUT2D eigenvalue weighted by molar-refractivity contribution is 5.92. The van der Waals surface area contributed by atoms with Crippen LogP contribution >= 0.6 is 0 Å². The lowest BCUT2D eigenvalue weighted by atomic mass is 10.0. The summed E-state index contributed by atoms with van der Waals surface area (Å²) in [4.78, 5) is 12.0. The van der Waals surface area contributed by atoms with Gasteiger partial charge < -0.3 is 11.1 Å². The molecule has 0 spiro atoms. The quantitative estimate of drug-likeness (QED) is 0.899. The molecule has 20 heavy (non-hydrogen) atoms. The van der Waals surface area contributed by atoms with E-state index in [0.29, 0.717) is 17.8 Å². The van der Waals surface area contributed by atoms with Gasteiger partial charge >= 0.3 is 0 Å². The Hall–Kier alpha value is -2.20. The Kier molecular flexibility index (Phi) is 4.48. The number of benzene rings is 2. The van der Waals surface area contributed by atoms with E-state index < -0.39 is 0 Å². The van der Waals surface area contributed by atoms with E-state index in [9.17, 15) is 9.18 Å². The summed E-state index contributed by atoms with van der Waals surface area (Å²) < 4.78 is 13.4. The molecule has 0 bridgehead atoms. The monoisotopic (exact) mass is 272 g/mol. The summed E-state index contributed by atoms with van der Waals surface area (Å²) in [6.45, 7) is 2.07. The molecule has 0 aliphatic rings. The zero-order chi connectivity index (χ0) is 14.5. The molecule has 2 aromatic rings. The predicted molar refractivity (Wildman–Crippen MR) is 77.8 cm³/mol. The second-order valence-corrected chi connectivity index (χ2v) is 4.66. The van der Waals surface area contributed by atoms with Gasteiger partial charge in [-0.2, -0.15) is 0 Å². The van der Waals surface area contributed by atoms with Gasteiger partial charge in [-0.25, -0.2) is 4.39 Å². The largest absolute Gasteiger partial charge is 0.326 e. The number of nitrogens with two attached hydrogens (primary N) is 1. The van der Waals surface area contributed by atoms with E-state index in [4.69, 9.17) is 5.73 Å². The molecule has 0 saturated carbocycles. The van der Waals surface area contributed by atoms with Crippen LogP contribution in [0.15, 0.2) is 42.5 Å². The number of hydrogen-bond acceptors (Lipinski definition) is 2. The summed E-state index contributed by atoms with van der Waals surface area (Å²) in [5, 5.41) is 2.69. The van der Waals surface area contributed by atoms with Crippen LogP contribution in [-0.4, -0.2) is 5.91 Å². The lowest BCUT2D eigenvalue weighted by Crippen LogP contribution is -2.16. The van der Waals surface area contributed by atoms with Gasteiger partial charge in [0.15, 0.2) is 0 Å². The van der Waals surface area contributed by atoms with Crippen molar-refractivity contribution in [3.63, 3.8) is 0 Å². The minimum absolute atomic E-state index is 0.186. The molecular weight excluding hydrogens is 255 g/mol. The number of rotatable bonds is 4. The van der Waals surface area contributed by atoms with Crippen LogP contribution < -0.4 is 11.1 Å². The lowest BCUT2D eigenvalue weighted by Gasteiger charge is -2.09. The van der Waals surface area contributed by atoms with Crippen molar-refractivity contribution < 1.29 is 9.18 Å². The molecule has 4 heteroatoms. The summed E-state index contributed by atoms with van der Waals surface area (Å²) in [5.74, 6) is -0.515. The maximum Gasteiger partial charge on any atom is 0.228 e. The first-order chi connectivity index (χ1) is 9.60. The molecule has 0 aliphatic carbocycles. The number of anilines is 1. The molecule has 0 unspecified atom stereocenters. The molecule has 0 saturated heterocycles. The topological polar surface area (TPSA) is 55.1 Å². The summed E-state index contributed by atoms with van der Waals surface area (Å²) in [6, 6.07) is 12.2. The zero-order valence-electron chi connectivity index (χ0n) is 11.3. The van der Waals surface area contributed by atoms with Crippen molar-refractivity contribution in [3.8, 4) is 0 Å². The molecule has 0 heterocycles. The summed E-state index contributed by atoms with van der Waals surface area (Å²) in [7, 11) is 0. The normalized spacial score (nSPS) is 10.3. The summed E-state index contributed by atoms with van der Waals surface area (Å²) in [5.41, 5.74) is 8.48. The van der Waals surface area contributed by atoms with E-state index in [2.05, 4.69) is 5.32 Å². The molecule has 0 aliphatic heterocycles.